The number of hydrogen-bond donors (Lipinski definition) is 1. The summed E-state index contributed by atoms with van der Waals surface area (Å²) in [6.07, 6.45) is 3.37. The van der Waals surface area contributed by atoms with Gasteiger partial charge in [0, 0.05) is 26.0 Å². The van der Waals surface area contributed by atoms with Crippen LogP contribution in [0.25, 0.3) is 0 Å². The standard InChI is InChI=1S/C13H18N4O/c1-14-9-10-18-13(11-5-3-4-7-15-11)12-6-8-16-17(12)2/h3-8,13-14H,9-10H2,1-2H3. The summed E-state index contributed by atoms with van der Waals surface area (Å²) in [4.78, 5) is 4.37. The van der Waals surface area contributed by atoms with Crippen LogP contribution in [0.1, 0.15) is 17.5 Å². The lowest BCUT2D eigenvalue weighted by Gasteiger charge is -2.17. The summed E-state index contributed by atoms with van der Waals surface area (Å²) in [5.41, 5.74) is 1.90. The van der Waals surface area contributed by atoms with Gasteiger partial charge in [0.05, 0.1) is 18.0 Å². The summed E-state index contributed by atoms with van der Waals surface area (Å²) >= 11 is 0. The van der Waals surface area contributed by atoms with E-state index in [9.17, 15) is 0 Å². The third-order valence-corrected chi connectivity index (χ3v) is 2.72. The molecule has 0 saturated heterocycles. The van der Waals surface area contributed by atoms with Crippen LogP contribution in [-0.2, 0) is 11.8 Å². The number of nitrogens with zero attached hydrogens (tertiary/aromatic N) is 3. The van der Waals surface area contributed by atoms with Crippen molar-refractivity contribution in [3.05, 3.63) is 48.0 Å². The minimum absolute atomic E-state index is 0.174. The van der Waals surface area contributed by atoms with Crippen LogP contribution in [0.4, 0.5) is 0 Å². The molecule has 1 N–H and O–H groups in total. The van der Waals surface area contributed by atoms with Crippen LogP contribution in [0.5, 0.6) is 0 Å². The minimum Gasteiger partial charge on any atom is -0.364 e. The van der Waals surface area contributed by atoms with Gasteiger partial charge in [-0.05, 0) is 25.2 Å². The molecule has 0 saturated carbocycles. The summed E-state index contributed by atoms with van der Waals surface area (Å²) in [6, 6.07) is 7.79. The van der Waals surface area contributed by atoms with Crippen molar-refractivity contribution in [2.75, 3.05) is 20.2 Å². The van der Waals surface area contributed by atoms with Crippen molar-refractivity contribution in [1.82, 2.24) is 20.1 Å². The number of rotatable bonds is 6. The van der Waals surface area contributed by atoms with E-state index in [1.54, 1.807) is 12.4 Å². The fourth-order valence-corrected chi connectivity index (χ4v) is 1.77. The molecule has 18 heavy (non-hydrogen) atoms. The van der Waals surface area contributed by atoms with E-state index in [1.807, 2.05) is 43.0 Å². The second kappa shape index (κ2) is 6.28. The Labute approximate surface area is 107 Å². The molecule has 0 aliphatic rings. The third-order valence-electron chi connectivity index (χ3n) is 2.72. The van der Waals surface area contributed by atoms with Crippen molar-refractivity contribution in [1.29, 1.82) is 0 Å². The van der Waals surface area contributed by atoms with Crippen LogP contribution in [0.3, 0.4) is 0 Å². The van der Waals surface area contributed by atoms with Crippen molar-refractivity contribution in [3.63, 3.8) is 0 Å². The molecule has 5 nitrogen and oxygen atoms in total. The molecule has 0 spiro atoms. The summed E-state index contributed by atoms with van der Waals surface area (Å²) in [6.45, 7) is 1.43. The van der Waals surface area contributed by atoms with Crippen LogP contribution >= 0.6 is 0 Å². The van der Waals surface area contributed by atoms with E-state index in [0.717, 1.165) is 17.9 Å². The second-order valence-corrected chi connectivity index (χ2v) is 3.99. The summed E-state index contributed by atoms with van der Waals surface area (Å²) in [5.74, 6) is 0. The molecule has 2 aromatic rings. The normalized spacial score (nSPS) is 12.6. The van der Waals surface area contributed by atoms with Gasteiger partial charge in [-0.3, -0.25) is 9.67 Å². The maximum Gasteiger partial charge on any atom is 0.141 e. The van der Waals surface area contributed by atoms with Crippen molar-refractivity contribution in [2.24, 2.45) is 7.05 Å². The molecule has 2 rings (SSSR count). The summed E-state index contributed by atoms with van der Waals surface area (Å²) < 4.78 is 7.73. The number of pyridine rings is 1. The van der Waals surface area contributed by atoms with Gasteiger partial charge in [-0.2, -0.15) is 5.10 Å². The predicted octanol–water partition coefficient (Wildman–Crippen LogP) is 1.14. The quantitative estimate of drug-likeness (QED) is 0.777. The fraction of sp³-hybridized carbons (Fsp3) is 0.385. The second-order valence-electron chi connectivity index (χ2n) is 3.99. The highest BCUT2D eigenvalue weighted by Crippen LogP contribution is 2.23. The summed E-state index contributed by atoms with van der Waals surface area (Å²) in [5, 5.41) is 7.25. The highest BCUT2D eigenvalue weighted by molar-refractivity contribution is 5.19. The Bertz CT molecular complexity index is 469. The van der Waals surface area contributed by atoms with Crippen LogP contribution in [0.2, 0.25) is 0 Å². The molecular weight excluding hydrogens is 228 g/mol. The number of nitrogens with one attached hydrogen (secondary N) is 1. The molecule has 0 bridgehead atoms. The first-order chi connectivity index (χ1) is 8.83. The molecule has 1 unspecified atom stereocenters. The van der Waals surface area contributed by atoms with Gasteiger partial charge in [0.15, 0.2) is 0 Å². The van der Waals surface area contributed by atoms with Crippen LogP contribution in [-0.4, -0.2) is 35.0 Å². The van der Waals surface area contributed by atoms with Gasteiger partial charge in [-0.1, -0.05) is 6.07 Å². The Morgan fingerprint density at radius 2 is 2.22 bits per heavy atom. The first-order valence-electron chi connectivity index (χ1n) is 5.98. The topological polar surface area (TPSA) is 52.0 Å². The number of ether oxygens (including phenoxy) is 1. The monoisotopic (exact) mass is 246 g/mol. The SMILES string of the molecule is CNCCOC(c1ccccn1)c1ccnn1C. The molecular formula is C13H18N4O. The van der Waals surface area contributed by atoms with Gasteiger partial charge in [0.1, 0.15) is 6.10 Å². The molecule has 1 atom stereocenters. The first-order valence-corrected chi connectivity index (χ1v) is 5.98. The maximum atomic E-state index is 5.91. The van der Waals surface area contributed by atoms with E-state index in [4.69, 9.17) is 4.74 Å². The van der Waals surface area contributed by atoms with E-state index in [1.165, 1.54) is 0 Å². The predicted molar refractivity (Wildman–Crippen MR) is 69.2 cm³/mol. The molecule has 0 amide bonds. The zero-order valence-corrected chi connectivity index (χ0v) is 10.7. The number of aryl methyl sites for hydroxylation is 1. The Hall–Kier alpha value is -1.72. The molecule has 5 heteroatoms. The molecule has 2 aromatic heterocycles. The van der Waals surface area contributed by atoms with Gasteiger partial charge >= 0.3 is 0 Å². The number of likely N-dealkylation sites (N-methyl/N-ethyl adjacent to an activating group) is 1. The lowest BCUT2D eigenvalue weighted by molar-refractivity contribution is 0.0748. The Morgan fingerprint density at radius 1 is 1.33 bits per heavy atom. The van der Waals surface area contributed by atoms with Gasteiger partial charge in [-0.15, -0.1) is 0 Å². The molecule has 0 aliphatic heterocycles. The molecule has 0 aliphatic carbocycles. The zero-order chi connectivity index (χ0) is 12.8. The van der Waals surface area contributed by atoms with Crippen molar-refractivity contribution in [2.45, 2.75) is 6.10 Å². The lowest BCUT2D eigenvalue weighted by atomic mass is 10.1. The van der Waals surface area contributed by atoms with E-state index >= 15 is 0 Å². The minimum atomic E-state index is -0.174. The van der Waals surface area contributed by atoms with Crippen molar-refractivity contribution >= 4 is 0 Å². The number of hydrogen-bond acceptors (Lipinski definition) is 4. The van der Waals surface area contributed by atoms with E-state index in [-0.39, 0.29) is 6.10 Å². The van der Waals surface area contributed by atoms with Gasteiger partial charge in [0.2, 0.25) is 0 Å². The molecule has 2 heterocycles. The van der Waals surface area contributed by atoms with E-state index in [0.29, 0.717) is 6.61 Å². The molecule has 0 aromatic carbocycles. The Kier molecular flexibility index (Phi) is 4.44. The first kappa shape index (κ1) is 12.7. The van der Waals surface area contributed by atoms with Gasteiger partial charge in [-0.25, -0.2) is 0 Å². The van der Waals surface area contributed by atoms with Gasteiger partial charge in [0.25, 0.3) is 0 Å². The maximum absolute atomic E-state index is 5.91. The molecule has 0 fully saturated rings. The van der Waals surface area contributed by atoms with Crippen molar-refractivity contribution in [3.8, 4) is 0 Å². The van der Waals surface area contributed by atoms with Crippen LogP contribution < -0.4 is 5.32 Å². The fourth-order valence-electron chi connectivity index (χ4n) is 1.77. The number of aromatic nitrogens is 3. The molecule has 0 radical (unpaired) electrons. The highest BCUT2D eigenvalue weighted by atomic mass is 16.5. The summed E-state index contributed by atoms with van der Waals surface area (Å²) in [7, 11) is 3.82. The average Bonchev–Trinajstić information content (AvgIpc) is 2.82. The van der Waals surface area contributed by atoms with Crippen molar-refractivity contribution < 1.29 is 4.74 Å². The molecule has 96 valence electrons. The van der Waals surface area contributed by atoms with Crippen LogP contribution in [0.15, 0.2) is 36.7 Å². The third kappa shape index (κ3) is 2.94. The average molecular weight is 246 g/mol. The van der Waals surface area contributed by atoms with Crippen LogP contribution in [0, 0.1) is 0 Å². The smallest absolute Gasteiger partial charge is 0.141 e. The van der Waals surface area contributed by atoms with E-state index < -0.39 is 0 Å². The Morgan fingerprint density at radius 3 is 2.83 bits per heavy atom. The highest BCUT2D eigenvalue weighted by Gasteiger charge is 2.18. The van der Waals surface area contributed by atoms with E-state index in [2.05, 4.69) is 15.4 Å². The largest absolute Gasteiger partial charge is 0.364 e. The Balaban J connectivity index is 2.21. The zero-order valence-electron chi connectivity index (χ0n) is 10.7. The lowest BCUT2D eigenvalue weighted by Crippen LogP contribution is -2.19. The van der Waals surface area contributed by atoms with Gasteiger partial charge < -0.3 is 10.1 Å².